The van der Waals surface area contributed by atoms with E-state index < -0.39 is 5.91 Å². The Morgan fingerprint density at radius 2 is 2.11 bits per heavy atom. The summed E-state index contributed by atoms with van der Waals surface area (Å²) in [5, 5.41) is 3.38. The van der Waals surface area contributed by atoms with Crippen LogP contribution in [-0.4, -0.2) is 37.9 Å². The highest BCUT2D eigenvalue weighted by Crippen LogP contribution is 2.29. The molecule has 0 bridgehead atoms. The number of carbonyl (C=O) groups is 1. The maximum absolute atomic E-state index is 11.0. The zero-order valence-corrected chi connectivity index (χ0v) is 11.3. The van der Waals surface area contributed by atoms with Crippen molar-refractivity contribution < 1.29 is 14.3 Å². The molecule has 1 aromatic carbocycles. The Kier molecular flexibility index (Phi) is 4.39. The maximum Gasteiger partial charge on any atom is 0.248 e. The van der Waals surface area contributed by atoms with E-state index in [4.69, 9.17) is 15.2 Å². The summed E-state index contributed by atoms with van der Waals surface area (Å²) in [6.45, 7) is 2.68. The Morgan fingerprint density at radius 1 is 1.42 bits per heavy atom. The van der Waals surface area contributed by atoms with Gasteiger partial charge in [0.1, 0.15) is 6.10 Å². The third-order valence-electron chi connectivity index (χ3n) is 3.42. The minimum atomic E-state index is -0.415. The van der Waals surface area contributed by atoms with E-state index in [1.807, 2.05) is 19.1 Å². The van der Waals surface area contributed by atoms with Crippen molar-refractivity contribution >= 4 is 11.6 Å². The van der Waals surface area contributed by atoms with Gasteiger partial charge in [-0.2, -0.15) is 0 Å². The van der Waals surface area contributed by atoms with Gasteiger partial charge in [-0.3, -0.25) is 4.79 Å². The van der Waals surface area contributed by atoms with Crippen LogP contribution in [0.1, 0.15) is 23.7 Å². The van der Waals surface area contributed by atoms with Crippen LogP contribution < -0.4 is 11.1 Å². The van der Waals surface area contributed by atoms with Gasteiger partial charge in [-0.15, -0.1) is 0 Å². The highest BCUT2D eigenvalue weighted by molar-refractivity contribution is 5.93. The number of benzene rings is 1. The van der Waals surface area contributed by atoms with Crippen LogP contribution >= 0.6 is 0 Å². The Balaban J connectivity index is 1.93. The van der Waals surface area contributed by atoms with Crippen LogP contribution in [0.15, 0.2) is 24.3 Å². The third kappa shape index (κ3) is 3.05. The van der Waals surface area contributed by atoms with Crippen molar-refractivity contribution in [3.63, 3.8) is 0 Å². The van der Waals surface area contributed by atoms with Gasteiger partial charge in [-0.25, -0.2) is 0 Å². The molecule has 0 aliphatic heterocycles. The monoisotopic (exact) mass is 264 g/mol. The summed E-state index contributed by atoms with van der Waals surface area (Å²) in [7, 11) is 1.70. The van der Waals surface area contributed by atoms with Crippen molar-refractivity contribution in [2.45, 2.75) is 31.6 Å². The van der Waals surface area contributed by atoms with Crippen LogP contribution in [0, 0.1) is 0 Å². The van der Waals surface area contributed by atoms with Gasteiger partial charge in [0.25, 0.3) is 0 Å². The molecule has 1 amide bonds. The lowest BCUT2D eigenvalue weighted by molar-refractivity contribution is -0.118. The van der Waals surface area contributed by atoms with E-state index in [9.17, 15) is 4.79 Å². The summed E-state index contributed by atoms with van der Waals surface area (Å²) in [4.78, 5) is 11.0. The SMILES string of the molecule is CCOC1CC(Nc2ccc(C(N)=O)cc2)C1OC. The number of methoxy groups -OCH3 is 1. The van der Waals surface area contributed by atoms with Crippen LogP contribution in [0.25, 0.3) is 0 Å². The molecule has 1 aliphatic rings. The Hall–Kier alpha value is -1.59. The molecule has 104 valence electrons. The first-order valence-electron chi connectivity index (χ1n) is 6.46. The predicted molar refractivity (Wildman–Crippen MR) is 73.2 cm³/mol. The molecule has 3 atom stereocenters. The molecular formula is C14H20N2O3. The molecule has 0 saturated heterocycles. The first-order chi connectivity index (χ1) is 9.15. The number of nitrogens with one attached hydrogen (secondary N) is 1. The van der Waals surface area contributed by atoms with E-state index in [0.29, 0.717) is 12.2 Å². The third-order valence-corrected chi connectivity index (χ3v) is 3.42. The smallest absolute Gasteiger partial charge is 0.248 e. The van der Waals surface area contributed by atoms with E-state index in [1.165, 1.54) is 0 Å². The quantitative estimate of drug-likeness (QED) is 0.814. The summed E-state index contributed by atoms with van der Waals surface area (Å²) in [5.41, 5.74) is 6.66. The molecule has 0 aromatic heterocycles. The van der Waals surface area contributed by atoms with E-state index in [1.54, 1.807) is 19.2 Å². The lowest BCUT2D eigenvalue weighted by Crippen LogP contribution is -2.56. The highest BCUT2D eigenvalue weighted by atomic mass is 16.5. The molecule has 5 heteroatoms. The van der Waals surface area contributed by atoms with Crippen molar-refractivity contribution in [2.24, 2.45) is 5.73 Å². The van der Waals surface area contributed by atoms with Crippen molar-refractivity contribution in [3.05, 3.63) is 29.8 Å². The number of rotatable bonds is 6. The molecule has 3 N–H and O–H groups in total. The molecule has 0 radical (unpaired) electrons. The van der Waals surface area contributed by atoms with Crippen LogP contribution in [-0.2, 0) is 9.47 Å². The summed E-state index contributed by atoms with van der Waals surface area (Å²) in [5.74, 6) is -0.415. The van der Waals surface area contributed by atoms with Gasteiger partial charge in [-0.1, -0.05) is 0 Å². The molecule has 1 saturated carbocycles. The van der Waals surface area contributed by atoms with Gasteiger partial charge in [0.05, 0.1) is 12.1 Å². The lowest BCUT2D eigenvalue weighted by Gasteiger charge is -2.43. The number of primary amides is 1. The minimum Gasteiger partial charge on any atom is -0.379 e. The number of anilines is 1. The van der Waals surface area contributed by atoms with E-state index in [-0.39, 0.29) is 18.2 Å². The normalized spacial score (nSPS) is 25.7. The average Bonchev–Trinajstić information content (AvgIpc) is 2.38. The molecule has 19 heavy (non-hydrogen) atoms. The van der Waals surface area contributed by atoms with E-state index in [2.05, 4.69) is 5.32 Å². The van der Waals surface area contributed by atoms with Crippen LogP contribution in [0.2, 0.25) is 0 Å². The van der Waals surface area contributed by atoms with Crippen molar-refractivity contribution in [3.8, 4) is 0 Å². The van der Waals surface area contributed by atoms with Crippen molar-refractivity contribution in [1.29, 1.82) is 0 Å². The van der Waals surface area contributed by atoms with Crippen LogP contribution in [0.4, 0.5) is 5.69 Å². The van der Waals surface area contributed by atoms with Crippen molar-refractivity contribution in [2.75, 3.05) is 19.0 Å². The second-order valence-electron chi connectivity index (χ2n) is 4.62. The van der Waals surface area contributed by atoms with Crippen molar-refractivity contribution in [1.82, 2.24) is 0 Å². The fourth-order valence-electron chi connectivity index (χ4n) is 2.36. The Labute approximate surface area is 113 Å². The fourth-order valence-corrected chi connectivity index (χ4v) is 2.36. The summed E-state index contributed by atoms with van der Waals surface area (Å²) >= 11 is 0. The molecule has 0 spiro atoms. The molecule has 2 rings (SSSR count). The zero-order chi connectivity index (χ0) is 13.8. The molecule has 1 fully saturated rings. The van der Waals surface area contributed by atoms with Gasteiger partial charge in [0.2, 0.25) is 5.91 Å². The number of hydrogen-bond acceptors (Lipinski definition) is 4. The Morgan fingerprint density at radius 3 is 2.63 bits per heavy atom. The van der Waals surface area contributed by atoms with E-state index in [0.717, 1.165) is 12.1 Å². The number of amides is 1. The van der Waals surface area contributed by atoms with Gasteiger partial charge >= 0.3 is 0 Å². The van der Waals surface area contributed by atoms with Crippen LogP contribution in [0.3, 0.4) is 0 Å². The topological polar surface area (TPSA) is 73.6 Å². The number of carbonyl (C=O) groups excluding carboxylic acids is 1. The van der Waals surface area contributed by atoms with E-state index >= 15 is 0 Å². The molecule has 5 nitrogen and oxygen atoms in total. The summed E-state index contributed by atoms with van der Waals surface area (Å²) in [6.07, 6.45) is 1.15. The fraction of sp³-hybridized carbons (Fsp3) is 0.500. The zero-order valence-electron chi connectivity index (χ0n) is 11.3. The first-order valence-corrected chi connectivity index (χ1v) is 6.46. The second kappa shape index (κ2) is 6.04. The standard InChI is InChI=1S/C14H20N2O3/c1-3-19-12-8-11(13(12)18-2)16-10-6-4-9(5-7-10)14(15)17/h4-7,11-13,16H,3,8H2,1-2H3,(H2,15,17). The molecule has 0 heterocycles. The lowest BCUT2D eigenvalue weighted by atomic mass is 9.85. The molecular weight excluding hydrogens is 244 g/mol. The summed E-state index contributed by atoms with van der Waals surface area (Å²) in [6, 6.07) is 7.36. The Bertz CT molecular complexity index is 433. The van der Waals surface area contributed by atoms with Gasteiger partial charge in [0, 0.05) is 25.0 Å². The maximum atomic E-state index is 11.0. The molecule has 1 aromatic rings. The van der Waals surface area contributed by atoms with Crippen LogP contribution in [0.5, 0.6) is 0 Å². The minimum absolute atomic E-state index is 0.0655. The summed E-state index contributed by atoms with van der Waals surface area (Å²) < 4.78 is 11.0. The largest absolute Gasteiger partial charge is 0.379 e. The average molecular weight is 264 g/mol. The molecule has 1 aliphatic carbocycles. The number of nitrogens with two attached hydrogens (primary N) is 1. The second-order valence-corrected chi connectivity index (χ2v) is 4.62. The van der Waals surface area contributed by atoms with Gasteiger partial charge in [-0.05, 0) is 37.6 Å². The number of ether oxygens (including phenoxy) is 2. The van der Waals surface area contributed by atoms with Gasteiger partial charge in [0.15, 0.2) is 0 Å². The van der Waals surface area contributed by atoms with Gasteiger partial charge < -0.3 is 20.5 Å². The predicted octanol–water partition coefficient (Wildman–Crippen LogP) is 1.39. The highest BCUT2D eigenvalue weighted by Gasteiger charge is 2.42. The number of hydrogen-bond donors (Lipinski definition) is 2. The first kappa shape index (κ1) is 13.8. The molecule has 3 unspecified atom stereocenters.